The number of aryl methyl sites for hydroxylation is 1. The number of amides is 1. The maximum Gasteiger partial charge on any atom is 0.274 e. The summed E-state index contributed by atoms with van der Waals surface area (Å²) in [7, 11) is 0. The van der Waals surface area contributed by atoms with Gasteiger partial charge in [0.15, 0.2) is 0 Å². The van der Waals surface area contributed by atoms with E-state index in [1.807, 2.05) is 6.92 Å². The monoisotopic (exact) mass is 287 g/mol. The number of halogens is 1. The number of hydrogen-bond acceptors (Lipinski definition) is 3. The summed E-state index contributed by atoms with van der Waals surface area (Å²) in [5.41, 5.74) is 1.11. The molecule has 0 atom stereocenters. The fourth-order valence-corrected chi connectivity index (χ4v) is 1.88. The molecular formula is C16H18FN3O. The van der Waals surface area contributed by atoms with Gasteiger partial charge in [-0.15, -0.1) is 0 Å². The fourth-order valence-electron chi connectivity index (χ4n) is 1.88. The van der Waals surface area contributed by atoms with Crippen LogP contribution >= 0.6 is 0 Å². The summed E-state index contributed by atoms with van der Waals surface area (Å²) in [5, 5.41) is 5.68. The molecule has 4 nitrogen and oxygen atoms in total. The normalized spacial score (nSPS) is 10.2. The van der Waals surface area contributed by atoms with E-state index < -0.39 is 11.7 Å². The molecule has 2 rings (SSSR count). The van der Waals surface area contributed by atoms with Crippen LogP contribution in [0.1, 0.15) is 29.4 Å². The summed E-state index contributed by atoms with van der Waals surface area (Å²) in [4.78, 5) is 16.4. The number of pyridine rings is 1. The summed E-state index contributed by atoms with van der Waals surface area (Å²) in [6.07, 6.45) is 0.965. The highest BCUT2D eigenvalue weighted by molar-refractivity contribution is 6.03. The van der Waals surface area contributed by atoms with E-state index in [1.165, 1.54) is 6.07 Å². The van der Waals surface area contributed by atoms with Gasteiger partial charge in [-0.2, -0.15) is 0 Å². The van der Waals surface area contributed by atoms with Crippen molar-refractivity contribution < 1.29 is 9.18 Å². The van der Waals surface area contributed by atoms with Gasteiger partial charge < -0.3 is 10.6 Å². The first-order valence-corrected chi connectivity index (χ1v) is 6.89. The van der Waals surface area contributed by atoms with Crippen LogP contribution < -0.4 is 10.6 Å². The number of anilines is 2. The van der Waals surface area contributed by atoms with E-state index in [2.05, 4.69) is 15.6 Å². The Balaban J connectivity index is 2.17. The van der Waals surface area contributed by atoms with Crippen LogP contribution in [0, 0.1) is 12.7 Å². The highest BCUT2D eigenvalue weighted by atomic mass is 19.1. The van der Waals surface area contributed by atoms with E-state index in [0.29, 0.717) is 11.4 Å². The maximum atomic E-state index is 13.7. The largest absolute Gasteiger partial charge is 0.370 e. The molecule has 1 heterocycles. The van der Waals surface area contributed by atoms with Gasteiger partial charge in [0.05, 0.1) is 5.69 Å². The van der Waals surface area contributed by atoms with Crippen LogP contribution in [0.25, 0.3) is 0 Å². The van der Waals surface area contributed by atoms with Crippen LogP contribution in [-0.4, -0.2) is 17.4 Å². The van der Waals surface area contributed by atoms with Crippen LogP contribution in [0.3, 0.4) is 0 Å². The lowest BCUT2D eigenvalue weighted by Gasteiger charge is -2.10. The van der Waals surface area contributed by atoms with E-state index >= 15 is 0 Å². The standard InChI is InChI=1S/C16H18FN3O/c1-3-10-18-14-9-5-8-13(19-14)16(21)20-15-11(2)6-4-7-12(15)17/h4-9H,3,10H2,1-2H3,(H,18,19)(H,20,21). The van der Waals surface area contributed by atoms with Gasteiger partial charge in [0.25, 0.3) is 5.91 Å². The average Bonchev–Trinajstić information content (AvgIpc) is 2.49. The van der Waals surface area contributed by atoms with E-state index in [9.17, 15) is 9.18 Å². The van der Waals surface area contributed by atoms with Gasteiger partial charge in [-0.05, 0) is 37.1 Å². The molecular weight excluding hydrogens is 269 g/mol. The molecule has 0 radical (unpaired) electrons. The average molecular weight is 287 g/mol. The Morgan fingerprint density at radius 1 is 1.24 bits per heavy atom. The highest BCUT2D eigenvalue weighted by Gasteiger charge is 2.12. The lowest BCUT2D eigenvalue weighted by Crippen LogP contribution is -2.16. The Labute approximate surface area is 123 Å². The topological polar surface area (TPSA) is 54.0 Å². The fraction of sp³-hybridized carbons (Fsp3) is 0.250. The first kappa shape index (κ1) is 15.0. The van der Waals surface area contributed by atoms with Gasteiger partial charge in [0, 0.05) is 6.54 Å². The minimum atomic E-state index is -0.455. The molecule has 0 bridgehead atoms. The van der Waals surface area contributed by atoms with Gasteiger partial charge in [-0.3, -0.25) is 4.79 Å². The lowest BCUT2D eigenvalue weighted by molar-refractivity contribution is 0.102. The third-order valence-electron chi connectivity index (χ3n) is 3.00. The minimum Gasteiger partial charge on any atom is -0.370 e. The second-order valence-electron chi connectivity index (χ2n) is 4.72. The summed E-state index contributed by atoms with van der Waals surface area (Å²) in [6.45, 7) is 4.57. The summed E-state index contributed by atoms with van der Waals surface area (Å²) >= 11 is 0. The van der Waals surface area contributed by atoms with Crippen molar-refractivity contribution >= 4 is 17.4 Å². The molecule has 0 unspecified atom stereocenters. The summed E-state index contributed by atoms with van der Waals surface area (Å²) < 4.78 is 13.7. The molecule has 1 aromatic carbocycles. The molecule has 1 amide bonds. The van der Waals surface area contributed by atoms with Gasteiger partial charge in [0.1, 0.15) is 17.3 Å². The zero-order valence-corrected chi connectivity index (χ0v) is 12.1. The first-order chi connectivity index (χ1) is 10.1. The lowest BCUT2D eigenvalue weighted by atomic mass is 10.2. The summed E-state index contributed by atoms with van der Waals surface area (Å²) in [6, 6.07) is 9.80. The maximum absolute atomic E-state index is 13.7. The number of nitrogens with one attached hydrogen (secondary N) is 2. The van der Waals surface area contributed by atoms with Gasteiger partial charge in [-0.1, -0.05) is 25.1 Å². The highest BCUT2D eigenvalue weighted by Crippen LogP contribution is 2.19. The van der Waals surface area contributed by atoms with Gasteiger partial charge >= 0.3 is 0 Å². The molecule has 110 valence electrons. The molecule has 2 N–H and O–H groups in total. The minimum absolute atomic E-state index is 0.191. The Hall–Kier alpha value is -2.43. The van der Waals surface area contributed by atoms with Crippen LogP contribution in [-0.2, 0) is 0 Å². The third-order valence-corrected chi connectivity index (χ3v) is 3.00. The quantitative estimate of drug-likeness (QED) is 0.883. The van der Waals surface area contributed by atoms with Crippen LogP contribution in [0.4, 0.5) is 15.9 Å². The Morgan fingerprint density at radius 2 is 2.00 bits per heavy atom. The van der Waals surface area contributed by atoms with Crippen molar-refractivity contribution in [3.05, 3.63) is 53.5 Å². The van der Waals surface area contributed by atoms with Crippen molar-refractivity contribution in [3.8, 4) is 0 Å². The van der Waals surface area contributed by atoms with Crippen LogP contribution in [0.2, 0.25) is 0 Å². The number of benzene rings is 1. The van der Waals surface area contributed by atoms with Crippen LogP contribution in [0.5, 0.6) is 0 Å². The molecule has 0 aliphatic rings. The third kappa shape index (κ3) is 3.78. The van der Waals surface area contributed by atoms with Crippen molar-refractivity contribution in [2.45, 2.75) is 20.3 Å². The number of hydrogen-bond donors (Lipinski definition) is 2. The zero-order valence-electron chi connectivity index (χ0n) is 12.1. The number of carbonyl (C=O) groups excluding carboxylic acids is 1. The van der Waals surface area contributed by atoms with Crippen molar-refractivity contribution in [1.82, 2.24) is 4.98 Å². The molecule has 0 aliphatic heterocycles. The van der Waals surface area contributed by atoms with Gasteiger partial charge in [-0.25, -0.2) is 9.37 Å². The molecule has 0 aliphatic carbocycles. The van der Waals surface area contributed by atoms with Crippen molar-refractivity contribution in [2.24, 2.45) is 0 Å². The molecule has 0 saturated heterocycles. The second-order valence-corrected chi connectivity index (χ2v) is 4.72. The van der Waals surface area contributed by atoms with E-state index in [1.54, 1.807) is 37.3 Å². The molecule has 1 aromatic heterocycles. The van der Waals surface area contributed by atoms with E-state index in [-0.39, 0.29) is 11.4 Å². The predicted molar refractivity (Wildman–Crippen MR) is 82.1 cm³/mol. The number of aromatic nitrogens is 1. The van der Waals surface area contributed by atoms with Crippen molar-refractivity contribution in [2.75, 3.05) is 17.2 Å². The number of carbonyl (C=O) groups is 1. The summed E-state index contributed by atoms with van der Waals surface area (Å²) in [5.74, 6) is -0.248. The molecule has 5 heteroatoms. The number of rotatable bonds is 5. The molecule has 21 heavy (non-hydrogen) atoms. The zero-order chi connectivity index (χ0) is 15.2. The predicted octanol–water partition coefficient (Wildman–Crippen LogP) is 3.60. The number of para-hydroxylation sites is 1. The van der Waals surface area contributed by atoms with Crippen LogP contribution in [0.15, 0.2) is 36.4 Å². The molecule has 0 fully saturated rings. The van der Waals surface area contributed by atoms with Crippen molar-refractivity contribution in [3.63, 3.8) is 0 Å². The Bertz CT molecular complexity index is 623. The molecule has 0 spiro atoms. The van der Waals surface area contributed by atoms with Gasteiger partial charge in [0.2, 0.25) is 0 Å². The first-order valence-electron chi connectivity index (χ1n) is 6.89. The smallest absolute Gasteiger partial charge is 0.274 e. The Kier molecular flexibility index (Phi) is 4.87. The molecule has 2 aromatic rings. The number of nitrogens with zero attached hydrogens (tertiary/aromatic N) is 1. The second kappa shape index (κ2) is 6.83. The Morgan fingerprint density at radius 3 is 2.71 bits per heavy atom. The van der Waals surface area contributed by atoms with E-state index in [0.717, 1.165) is 13.0 Å². The SMILES string of the molecule is CCCNc1cccc(C(=O)Nc2c(C)cccc2F)n1. The van der Waals surface area contributed by atoms with Crippen molar-refractivity contribution in [1.29, 1.82) is 0 Å². The molecule has 0 saturated carbocycles. The van der Waals surface area contributed by atoms with E-state index in [4.69, 9.17) is 0 Å².